The van der Waals surface area contributed by atoms with Crippen molar-refractivity contribution >= 4 is 16.9 Å². The molecule has 2 aromatic rings. The summed E-state index contributed by atoms with van der Waals surface area (Å²) in [7, 11) is 1.60. The van der Waals surface area contributed by atoms with Crippen molar-refractivity contribution in [2.45, 2.75) is 50.6 Å². The molecule has 3 aliphatic heterocycles. The molecule has 1 aromatic carbocycles. The Morgan fingerprint density at radius 2 is 2.21 bits per heavy atom. The first-order valence-electron chi connectivity index (χ1n) is 10.0. The van der Waals surface area contributed by atoms with Gasteiger partial charge in [0.05, 0.1) is 18.7 Å². The van der Waals surface area contributed by atoms with Crippen LogP contribution in [0.1, 0.15) is 38.4 Å². The molecule has 6 atom stereocenters. The van der Waals surface area contributed by atoms with E-state index in [1.165, 1.54) is 13.8 Å². The van der Waals surface area contributed by atoms with Gasteiger partial charge in [0.15, 0.2) is 0 Å². The fraction of sp³-hybridized carbons (Fsp3) is 0.545. The van der Waals surface area contributed by atoms with Crippen LogP contribution >= 0.6 is 0 Å². The average Bonchev–Trinajstić information content (AvgIpc) is 2.71. The van der Waals surface area contributed by atoms with Crippen LogP contribution in [0, 0.1) is 5.92 Å². The summed E-state index contributed by atoms with van der Waals surface area (Å²) in [6.45, 7) is 3.80. The number of carbonyl (C=O) groups is 1. The van der Waals surface area contributed by atoms with E-state index in [1.54, 1.807) is 13.3 Å². The molecular formula is C22H27FN2O4. The number of esters is 1. The van der Waals surface area contributed by atoms with Gasteiger partial charge in [-0.3, -0.25) is 14.7 Å². The number of benzene rings is 1. The fourth-order valence-electron chi connectivity index (χ4n) is 4.97. The average molecular weight is 402 g/mol. The molecule has 0 spiro atoms. The van der Waals surface area contributed by atoms with Gasteiger partial charge >= 0.3 is 5.97 Å². The molecule has 156 valence electrons. The number of hydrogen-bond acceptors (Lipinski definition) is 6. The number of methoxy groups -OCH3 is 1. The van der Waals surface area contributed by atoms with Crippen molar-refractivity contribution in [1.82, 2.24) is 9.88 Å². The Labute approximate surface area is 169 Å². The summed E-state index contributed by atoms with van der Waals surface area (Å²) in [5.41, 5.74) is 0.280. The number of hydrogen-bond donors (Lipinski definition) is 1. The molecule has 0 radical (unpaired) electrons. The van der Waals surface area contributed by atoms with Crippen LogP contribution in [0.15, 0.2) is 30.5 Å². The standard InChI is InChI=1S/C22H27FN2O4/c1-13(23)22(27)12-25-9-7-15(22)10-20(25)21(29-14(2)26)17-6-8-24-19-5-4-16(28-3)11-18(17)19/h4-6,8,11,13,15,20-21,27H,7,9-10,12H2,1-3H3/t13-,15+,20-,21-,22+/m1/s1. The number of rotatable bonds is 5. The summed E-state index contributed by atoms with van der Waals surface area (Å²) >= 11 is 0. The van der Waals surface area contributed by atoms with Crippen molar-refractivity contribution in [1.29, 1.82) is 0 Å². The highest BCUT2D eigenvalue weighted by molar-refractivity contribution is 5.84. The van der Waals surface area contributed by atoms with Crippen LogP contribution < -0.4 is 4.74 Å². The van der Waals surface area contributed by atoms with Crippen LogP contribution in [0.3, 0.4) is 0 Å². The van der Waals surface area contributed by atoms with Crippen LogP contribution in [0.4, 0.5) is 4.39 Å². The van der Waals surface area contributed by atoms with Gasteiger partial charge in [0.2, 0.25) is 0 Å². The van der Waals surface area contributed by atoms with Crippen molar-refractivity contribution in [3.05, 3.63) is 36.0 Å². The molecule has 0 amide bonds. The van der Waals surface area contributed by atoms with Gasteiger partial charge in [0.1, 0.15) is 23.6 Å². The molecule has 3 fully saturated rings. The number of carbonyl (C=O) groups excluding carboxylic acids is 1. The lowest BCUT2D eigenvalue weighted by atomic mass is 9.69. The van der Waals surface area contributed by atoms with Crippen LogP contribution in [0.25, 0.3) is 10.9 Å². The topological polar surface area (TPSA) is 71.9 Å². The minimum atomic E-state index is -1.35. The zero-order valence-electron chi connectivity index (χ0n) is 17.0. The van der Waals surface area contributed by atoms with Crippen molar-refractivity contribution in [2.24, 2.45) is 5.92 Å². The number of fused-ring (bicyclic) bond motifs is 4. The Bertz CT molecular complexity index is 921. The van der Waals surface area contributed by atoms with Crippen molar-refractivity contribution < 1.29 is 23.8 Å². The molecule has 3 saturated heterocycles. The summed E-state index contributed by atoms with van der Waals surface area (Å²) in [5, 5.41) is 11.7. The van der Waals surface area contributed by atoms with E-state index < -0.39 is 17.9 Å². The Hall–Kier alpha value is -2.25. The summed E-state index contributed by atoms with van der Waals surface area (Å²) in [4.78, 5) is 18.5. The largest absolute Gasteiger partial charge is 0.497 e. The van der Waals surface area contributed by atoms with Crippen molar-refractivity contribution in [3.63, 3.8) is 0 Å². The highest BCUT2D eigenvalue weighted by atomic mass is 19.1. The van der Waals surface area contributed by atoms with E-state index in [0.717, 1.165) is 29.4 Å². The highest BCUT2D eigenvalue weighted by Gasteiger charge is 2.54. The summed E-state index contributed by atoms with van der Waals surface area (Å²) in [5.74, 6) is 0.150. The van der Waals surface area contributed by atoms with Gasteiger partial charge in [-0.05, 0) is 56.5 Å². The molecule has 29 heavy (non-hydrogen) atoms. The highest BCUT2D eigenvalue weighted by Crippen LogP contribution is 2.46. The maximum Gasteiger partial charge on any atom is 0.303 e. The smallest absolute Gasteiger partial charge is 0.303 e. The minimum absolute atomic E-state index is 0.131. The van der Waals surface area contributed by atoms with Crippen molar-refractivity contribution in [3.8, 4) is 5.75 Å². The van der Waals surface area contributed by atoms with Gasteiger partial charge in [-0.1, -0.05) is 0 Å². The Kier molecular flexibility index (Phi) is 5.21. The number of halogens is 1. The van der Waals surface area contributed by atoms with E-state index in [1.807, 2.05) is 24.3 Å². The second kappa shape index (κ2) is 7.54. The summed E-state index contributed by atoms with van der Waals surface area (Å²) in [6.07, 6.45) is 1.16. The third kappa shape index (κ3) is 3.46. The number of pyridine rings is 1. The van der Waals surface area contributed by atoms with Gasteiger partial charge in [0.25, 0.3) is 0 Å². The third-order valence-electron chi connectivity index (χ3n) is 6.54. The molecule has 6 nitrogen and oxygen atoms in total. The number of nitrogens with zero attached hydrogens (tertiary/aromatic N) is 2. The Balaban J connectivity index is 1.76. The number of aromatic nitrogens is 1. The number of piperidine rings is 3. The van der Waals surface area contributed by atoms with Gasteiger partial charge < -0.3 is 14.6 Å². The molecule has 0 aliphatic carbocycles. The lowest BCUT2D eigenvalue weighted by molar-refractivity contribution is -0.187. The van der Waals surface area contributed by atoms with Crippen molar-refractivity contribution in [2.75, 3.05) is 20.2 Å². The van der Waals surface area contributed by atoms with Gasteiger partial charge in [-0.25, -0.2) is 4.39 Å². The Morgan fingerprint density at radius 3 is 2.83 bits per heavy atom. The van der Waals surface area contributed by atoms with E-state index in [2.05, 4.69) is 9.88 Å². The molecule has 4 heterocycles. The molecule has 2 bridgehead atoms. The quantitative estimate of drug-likeness (QED) is 0.775. The number of alkyl halides is 1. The SMILES string of the molecule is COc1ccc2nccc([C@@H](OC(C)=O)[C@H]3C[C@@H]4CCN3C[C@]4(O)[C@@H](C)F)c2c1. The van der Waals surface area contributed by atoms with E-state index in [9.17, 15) is 14.3 Å². The minimum Gasteiger partial charge on any atom is -0.497 e. The zero-order valence-corrected chi connectivity index (χ0v) is 17.0. The van der Waals surface area contributed by atoms with Gasteiger partial charge in [-0.2, -0.15) is 0 Å². The summed E-state index contributed by atoms with van der Waals surface area (Å²) < 4.78 is 25.4. The maximum absolute atomic E-state index is 14.2. The van der Waals surface area contributed by atoms with Crippen LogP contribution in [-0.2, 0) is 9.53 Å². The van der Waals surface area contributed by atoms with Gasteiger partial charge in [0, 0.05) is 30.6 Å². The van der Waals surface area contributed by atoms with Gasteiger partial charge in [-0.15, -0.1) is 0 Å². The third-order valence-corrected chi connectivity index (χ3v) is 6.54. The van der Waals surface area contributed by atoms with Crippen LogP contribution in [0.2, 0.25) is 0 Å². The first-order valence-corrected chi connectivity index (χ1v) is 10.0. The predicted octanol–water partition coefficient (Wildman–Crippen LogP) is 3.03. The Morgan fingerprint density at radius 1 is 1.41 bits per heavy atom. The second-order valence-electron chi connectivity index (χ2n) is 8.18. The molecule has 3 aliphatic rings. The monoisotopic (exact) mass is 402 g/mol. The molecule has 5 rings (SSSR count). The summed E-state index contributed by atoms with van der Waals surface area (Å²) in [6, 6.07) is 7.34. The number of aliphatic hydroxyl groups is 1. The molecule has 0 saturated carbocycles. The fourth-order valence-corrected chi connectivity index (χ4v) is 4.97. The van der Waals surface area contributed by atoms with E-state index in [0.29, 0.717) is 12.2 Å². The lowest BCUT2D eigenvalue weighted by Crippen LogP contribution is -2.67. The first kappa shape index (κ1) is 20.0. The molecule has 7 heteroatoms. The zero-order chi connectivity index (χ0) is 20.8. The molecular weight excluding hydrogens is 375 g/mol. The maximum atomic E-state index is 14.2. The molecule has 1 aromatic heterocycles. The molecule has 1 unspecified atom stereocenters. The van der Waals surface area contributed by atoms with E-state index >= 15 is 0 Å². The number of ether oxygens (including phenoxy) is 2. The first-order chi connectivity index (χ1) is 13.8. The normalized spacial score (nSPS) is 30.7. The predicted molar refractivity (Wildman–Crippen MR) is 106 cm³/mol. The van der Waals surface area contributed by atoms with Crippen LogP contribution in [-0.4, -0.2) is 59.0 Å². The lowest BCUT2D eigenvalue weighted by Gasteiger charge is -2.56. The van der Waals surface area contributed by atoms with E-state index in [4.69, 9.17) is 9.47 Å². The second-order valence-corrected chi connectivity index (χ2v) is 8.18. The van der Waals surface area contributed by atoms with E-state index in [-0.39, 0.29) is 24.5 Å². The van der Waals surface area contributed by atoms with Crippen LogP contribution in [0.5, 0.6) is 5.75 Å². The molecule has 1 N–H and O–H groups in total.